The van der Waals surface area contributed by atoms with Gasteiger partial charge in [0.05, 0.1) is 0 Å². The van der Waals surface area contributed by atoms with E-state index in [1.165, 1.54) is 5.57 Å². The molecule has 1 N–H and O–H groups in total. The van der Waals surface area contributed by atoms with Crippen molar-refractivity contribution in [1.29, 1.82) is 0 Å². The molecule has 0 aliphatic heterocycles. The summed E-state index contributed by atoms with van der Waals surface area (Å²) in [5, 5.41) is 8.88. The highest BCUT2D eigenvalue weighted by atomic mass is 16.4. The van der Waals surface area contributed by atoms with Gasteiger partial charge >= 0.3 is 5.97 Å². The summed E-state index contributed by atoms with van der Waals surface area (Å²) in [5.74, 6) is -0.232. The molecule has 0 unspecified atom stereocenters. The topological polar surface area (TPSA) is 71.4 Å². The van der Waals surface area contributed by atoms with Crippen LogP contribution in [0.3, 0.4) is 0 Å². The lowest BCUT2D eigenvalue weighted by Crippen LogP contribution is -2.46. The van der Waals surface area contributed by atoms with Gasteiger partial charge in [-0.25, -0.2) is 4.79 Å². The standard InChI is InChI=1S/C20H28O4/c1-13-5-7-20(4)14(2)16(12-22)10-17(20)19(13,3)8-6-15(11-21)9-18(23)24/h9,11-13,17H,5-8,10H2,1-4H3,(H,23,24)/b15-9-/t13-,17-,19+,20+/m1/s1. The first kappa shape index (κ1) is 18.6. The van der Waals surface area contributed by atoms with Gasteiger partial charge in [-0.05, 0) is 72.8 Å². The van der Waals surface area contributed by atoms with Gasteiger partial charge in [0.2, 0.25) is 0 Å². The lowest BCUT2D eigenvalue weighted by Gasteiger charge is -2.54. The molecule has 0 amide bonds. The van der Waals surface area contributed by atoms with E-state index < -0.39 is 5.97 Å². The molecule has 0 saturated heterocycles. The van der Waals surface area contributed by atoms with E-state index in [9.17, 15) is 14.4 Å². The molecule has 2 aliphatic carbocycles. The Bertz CT molecular complexity index is 615. The second-order valence-electron chi connectivity index (χ2n) is 8.06. The monoisotopic (exact) mass is 332 g/mol. The smallest absolute Gasteiger partial charge is 0.328 e. The number of fused-ring (bicyclic) bond motifs is 1. The van der Waals surface area contributed by atoms with Crippen LogP contribution in [-0.4, -0.2) is 23.6 Å². The molecule has 2 rings (SSSR count). The van der Waals surface area contributed by atoms with Gasteiger partial charge in [-0.3, -0.25) is 9.59 Å². The molecule has 24 heavy (non-hydrogen) atoms. The van der Waals surface area contributed by atoms with Crippen LogP contribution < -0.4 is 0 Å². The van der Waals surface area contributed by atoms with Crippen LogP contribution in [0, 0.1) is 22.7 Å². The molecule has 0 aromatic rings. The largest absolute Gasteiger partial charge is 0.478 e. The molecule has 132 valence electrons. The summed E-state index contributed by atoms with van der Waals surface area (Å²) < 4.78 is 0. The van der Waals surface area contributed by atoms with Gasteiger partial charge in [-0.2, -0.15) is 0 Å². The third-order valence-corrected chi connectivity index (χ3v) is 7.10. The minimum absolute atomic E-state index is 0.0143. The maximum Gasteiger partial charge on any atom is 0.328 e. The fourth-order valence-corrected chi connectivity index (χ4v) is 5.03. The van der Waals surface area contributed by atoms with Crippen molar-refractivity contribution in [2.75, 3.05) is 0 Å². The predicted molar refractivity (Wildman–Crippen MR) is 92.5 cm³/mol. The molecule has 1 saturated carbocycles. The van der Waals surface area contributed by atoms with Crippen molar-refractivity contribution in [2.45, 2.75) is 59.8 Å². The van der Waals surface area contributed by atoms with Gasteiger partial charge < -0.3 is 5.11 Å². The van der Waals surface area contributed by atoms with Crippen LogP contribution in [0.1, 0.15) is 59.8 Å². The molecular weight excluding hydrogens is 304 g/mol. The first-order valence-electron chi connectivity index (χ1n) is 8.73. The maximum atomic E-state index is 11.5. The van der Waals surface area contributed by atoms with Gasteiger partial charge in [0.1, 0.15) is 12.6 Å². The Labute approximate surface area is 144 Å². The summed E-state index contributed by atoms with van der Waals surface area (Å²) in [5.41, 5.74) is 2.51. The zero-order valence-electron chi connectivity index (χ0n) is 15.1. The van der Waals surface area contributed by atoms with Gasteiger partial charge in [0.15, 0.2) is 0 Å². The van der Waals surface area contributed by atoms with Crippen LogP contribution in [-0.2, 0) is 14.4 Å². The first-order valence-corrected chi connectivity index (χ1v) is 8.73. The lowest BCUT2D eigenvalue weighted by atomic mass is 9.50. The molecule has 2 aliphatic rings. The van der Waals surface area contributed by atoms with Crippen LogP contribution in [0.25, 0.3) is 0 Å². The average Bonchev–Trinajstić information content (AvgIpc) is 2.80. The molecule has 0 heterocycles. The van der Waals surface area contributed by atoms with Gasteiger partial charge in [0, 0.05) is 6.08 Å². The SMILES string of the molecule is CC1=C(C=O)C[C@@H]2[C@@](C)(CC/C(C=O)=C/C(=O)O)[C@H](C)CC[C@@]12C. The van der Waals surface area contributed by atoms with Crippen LogP contribution in [0.15, 0.2) is 22.8 Å². The zero-order chi connectivity index (χ0) is 18.1. The minimum Gasteiger partial charge on any atom is -0.478 e. The fourth-order valence-electron chi connectivity index (χ4n) is 5.03. The highest BCUT2D eigenvalue weighted by molar-refractivity contribution is 5.88. The molecule has 0 radical (unpaired) electrons. The highest BCUT2D eigenvalue weighted by Gasteiger charge is 2.55. The summed E-state index contributed by atoms with van der Waals surface area (Å²) in [6.07, 6.45) is 6.88. The zero-order valence-corrected chi connectivity index (χ0v) is 15.1. The summed E-state index contributed by atoms with van der Waals surface area (Å²) in [6.45, 7) is 8.85. The number of carbonyl (C=O) groups excluding carboxylic acids is 2. The van der Waals surface area contributed by atoms with Crippen molar-refractivity contribution in [1.82, 2.24) is 0 Å². The fraction of sp³-hybridized carbons (Fsp3) is 0.650. The van der Waals surface area contributed by atoms with E-state index in [-0.39, 0.29) is 10.8 Å². The van der Waals surface area contributed by atoms with E-state index in [2.05, 4.69) is 27.7 Å². The van der Waals surface area contributed by atoms with Crippen LogP contribution in [0.2, 0.25) is 0 Å². The van der Waals surface area contributed by atoms with E-state index in [0.717, 1.165) is 43.6 Å². The molecule has 4 atom stereocenters. The Hall–Kier alpha value is -1.71. The number of hydrogen-bond donors (Lipinski definition) is 1. The molecule has 4 heteroatoms. The number of carbonyl (C=O) groups is 3. The molecular formula is C20H28O4. The Morgan fingerprint density at radius 2 is 2.00 bits per heavy atom. The molecule has 0 aromatic carbocycles. The second-order valence-corrected chi connectivity index (χ2v) is 8.06. The summed E-state index contributed by atoms with van der Waals surface area (Å²) in [7, 11) is 0. The Morgan fingerprint density at radius 1 is 1.33 bits per heavy atom. The molecule has 0 bridgehead atoms. The third kappa shape index (κ3) is 2.99. The van der Waals surface area contributed by atoms with Crippen molar-refractivity contribution in [3.63, 3.8) is 0 Å². The third-order valence-electron chi connectivity index (χ3n) is 7.10. The van der Waals surface area contributed by atoms with E-state index in [1.54, 1.807) is 0 Å². The van der Waals surface area contributed by atoms with Crippen LogP contribution in [0.4, 0.5) is 0 Å². The molecule has 4 nitrogen and oxygen atoms in total. The normalized spacial score (nSPS) is 36.4. The summed E-state index contributed by atoms with van der Waals surface area (Å²) in [6, 6.07) is 0. The van der Waals surface area contributed by atoms with Crippen molar-refractivity contribution in [3.8, 4) is 0 Å². The van der Waals surface area contributed by atoms with E-state index >= 15 is 0 Å². The maximum absolute atomic E-state index is 11.5. The highest BCUT2D eigenvalue weighted by Crippen LogP contribution is 2.64. The number of aliphatic carboxylic acids is 1. The van der Waals surface area contributed by atoms with E-state index in [4.69, 9.17) is 5.11 Å². The molecule has 1 fully saturated rings. The van der Waals surface area contributed by atoms with E-state index in [1.807, 2.05) is 0 Å². The lowest BCUT2D eigenvalue weighted by molar-refractivity contribution is -0.131. The number of allylic oxidation sites excluding steroid dienone is 3. The number of rotatable bonds is 6. The van der Waals surface area contributed by atoms with Crippen molar-refractivity contribution >= 4 is 18.5 Å². The predicted octanol–water partition coefficient (Wildman–Crippen LogP) is 3.95. The van der Waals surface area contributed by atoms with Crippen molar-refractivity contribution in [3.05, 3.63) is 22.8 Å². The minimum atomic E-state index is -1.08. The van der Waals surface area contributed by atoms with Gasteiger partial charge in [0.25, 0.3) is 0 Å². The Morgan fingerprint density at radius 3 is 2.54 bits per heavy atom. The van der Waals surface area contributed by atoms with Crippen molar-refractivity contribution in [2.24, 2.45) is 22.7 Å². The van der Waals surface area contributed by atoms with Gasteiger partial charge in [-0.1, -0.05) is 26.3 Å². The van der Waals surface area contributed by atoms with Crippen LogP contribution in [0.5, 0.6) is 0 Å². The summed E-state index contributed by atoms with van der Waals surface area (Å²) in [4.78, 5) is 33.4. The Balaban J connectivity index is 2.28. The number of carboxylic acids is 1. The quantitative estimate of drug-likeness (QED) is 0.590. The molecule has 0 spiro atoms. The average molecular weight is 332 g/mol. The van der Waals surface area contributed by atoms with Gasteiger partial charge in [-0.15, -0.1) is 0 Å². The molecule has 0 aromatic heterocycles. The first-order chi connectivity index (χ1) is 11.2. The second kappa shape index (κ2) is 6.66. The number of carboxylic acid groups (broad SMARTS) is 1. The number of hydrogen-bond acceptors (Lipinski definition) is 3. The van der Waals surface area contributed by atoms with Crippen LogP contribution >= 0.6 is 0 Å². The van der Waals surface area contributed by atoms with Crippen molar-refractivity contribution < 1.29 is 19.5 Å². The summed E-state index contributed by atoms with van der Waals surface area (Å²) >= 11 is 0. The number of aldehydes is 2. The Kier molecular flexibility index (Phi) is 5.17. The van der Waals surface area contributed by atoms with E-state index in [0.29, 0.717) is 30.1 Å².